The Morgan fingerprint density at radius 1 is 1.38 bits per heavy atom. The fourth-order valence-corrected chi connectivity index (χ4v) is 2.18. The van der Waals surface area contributed by atoms with Crippen molar-refractivity contribution >= 4 is 5.97 Å². The predicted molar refractivity (Wildman–Crippen MR) is 46.6 cm³/mol. The second-order valence-electron chi connectivity index (χ2n) is 3.79. The summed E-state index contributed by atoms with van der Waals surface area (Å²) in [5.41, 5.74) is 0. The third-order valence-corrected chi connectivity index (χ3v) is 2.89. The molecule has 2 aliphatic heterocycles. The lowest BCUT2D eigenvalue weighted by Crippen LogP contribution is -2.41. The molecule has 13 heavy (non-hydrogen) atoms. The SMILES string of the molecule is O=C(O)C1CCC(C2CCCO2)N1. The van der Waals surface area contributed by atoms with Gasteiger partial charge in [0, 0.05) is 12.6 Å². The maximum absolute atomic E-state index is 10.7. The summed E-state index contributed by atoms with van der Waals surface area (Å²) in [6, 6.07) is -0.0854. The lowest BCUT2D eigenvalue weighted by atomic mass is 10.1. The molecule has 0 bridgehead atoms. The van der Waals surface area contributed by atoms with Gasteiger partial charge < -0.3 is 9.84 Å². The van der Waals surface area contributed by atoms with E-state index in [0.29, 0.717) is 0 Å². The van der Waals surface area contributed by atoms with Crippen LogP contribution in [0.1, 0.15) is 25.7 Å². The normalized spacial score (nSPS) is 39.5. The molecule has 3 unspecified atom stereocenters. The molecule has 0 aromatic heterocycles. The average molecular weight is 185 g/mol. The van der Waals surface area contributed by atoms with Gasteiger partial charge in [-0.25, -0.2) is 0 Å². The molecule has 0 aromatic carbocycles. The van der Waals surface area contributed by atoms with Crippen molar-refractivity contribution < 1.29 is 14.6 Å². The Bertz CT molecular complexity index is 201. The molecule has 0 aromatic rings. The van der Waals surface area contributed by atoms with Gasteiger partial charge in [-0.1, -0.05) is 0 Å². The highest BCUT2D eigenvalue weighted by Gasteiger charge is 2.35. The zero-order valence-electron chi connectivity index (χ0n) is 7.53. The summed E-state index contributed by atoms with van der Waals surface area (Å²) in [4.78, 5) is 10.7. The van der Waals surface area contributed by atoms with Crippen molar-refractivity contribution in [2.24, 2.45) is 0 Å². The fraction of sp³-hybridized carbons (Fsp3) is 0.889. The summed E-state index contributed by atoms with van der Waals surface area (Å²) in [6.07, 6.45) is 4.11. The molecule has 0 radical (unpaired) electrons. The molecular weight excluding hydrogens is 170 g/mol. The van der Waals surface area contributed by atoms with Crippen molar-refractivity contribution in [1.29, 1.82) is 0 Å². The number of rotatable bonds is 2. The Hall–Kier alpha value is -0.610. The molecule has 2 aliphatic rings. The minimum atomic E-state index is -0.736. The van der Waals surface area contributed by atoms with Crippen molar-refractivity contribution in [3.05, 3.63) is 0 Å². The van der Waals surface area contributed by atoms with E-state index in [1.807, 2.05) is 0 Å². The largest absolute Gasteiger partial charge is 0.480 e. The summed E-state index contributed by atoms with van der Waals surface area (Å²) in [5, 5.41) is 11.9. The molecule has 0 amide bonds. The van der Waals surface area contributed by atoms with Crippen molar-refractivity contribution in [1.82, 2.24) is 5.32 Å². The molecule has 0 saturated carbocycles. The first kappa shape index (κ1) is 8.97. The molecule has 74 valence electrons. The number of aliphatic carboxylic acids is 1. The molecule has 4 nitrogen and oxygen atoms in total. The first-order valence-corrected chi connectivity index (χ1v) is 4.88. The Morgan fingerprint density at radius 2 is 2.23 bits per heavy atom. The second-order valence-corrected chi connectivity index (χ2v) is 3.79. The van der Waals surface area contributed by atoms with E-state index in [4.69, 9.17) is 9.84 Å². The summed E-state index contributed by atoms with van der Waals surface area (Å²) in [5.74, 6) is -0.736. The second kappa shape index (κ2) is 3.64. The molecule has 2 saturated heterocycles. The van der Waals surface area contributed by atoms with E-state index in [1.165, 1.54) is 0 Å². The number of hydrogen-bond acceptors (Lipinski definition) is 3. The van der Waals surface area contributed by atoms with Crippen LogP contribution in [0.2, 0.25) is 0 Å². The number of nitrogens with one attached hydrogen (secondary N) is 1. The zero-order chi connectivity index (χ0) is 9.26. The molecule has 2 heterocycles. The van der Waals surface area contributed by atoms with E-state index in [-0.39, 0.29) is 18.2 Å². The van der Waals surface area contributed by atoms with Crippen LogP contribution in [0.25, 0.3) is 0 Å². The van der Waals surface area contributed by atoms with Crippen molar-refractivity contribution in [3.8, 4) is 0 Å². The van der Waals surface area contributed by atoms with E-state index in [0.717, 1.165) is 32.3 Å². The van der Waals surface area contributed by atoms with Crippen LogP contribution in [0.3, 0.4) is 0 Å². The first-order valence-electron chi connectivity index (χ1n) is 4.88. The highest BCUT2D eigenvalue weighted by atomic mass is 16.5. The van der Waals surface area contributed by atoms with Crippen LogP contribution in [0.4, 0.5) is 0 Å². The van der Waals surface area contributed by atoms with Crippen LogP contribution in [-0.4, -0.2) is 35.9 Å². The van der Waals surface area contributed by atoms with Crippen LogP contribution < -0.4 is 5.32 Å². The van der Waals surface area contributed by atoms with Gasteiger partial charge in [0.05, 0.1) is 6.10 Å². The molecule has 2 rings (SSSR count). The van der Waals surface area contributed by atoms with Gasteiger partial charge in [-0.15, -0.1) is 0 Å². The monoisotopic (exact) mass is 185 g/mol. The molecule has 0 aliphatic carbocycles. The van der Waals surface area contributed by atoms with E-state index in [2.05, 4.69) is 5.32 Å². The summed E-state index contributed by atoms with van der Waals surface area (Å²) in [6.45, 7) is 0.834. The van der Waals surface area contributed by atoms with Crippen LogP contribution in [0, 0.1) is 0 Å². The van der Waals surface area contributed by atoms with Gasteiger partial charge in [0.25, 0.3) is 0 Å². The smallest absolute Gasteiger partial charge is 0.320 e. The van der Waals surface area contributed by atoms with Gasteiger partial charge >= 0.3 is 5.97 Å². The summed E-state index contributed by atoms with van der Waals surface area (Å²) in [7, 11) is 0. The van der Waals surface area contributed by atoms with E-state index in [1.54, 1.807) is 0 Å². The van der Waals surface area contributed by atoms with E-state index >= 15 is 0 Å². The quantitative estimate of drug-likeness (QED) is 0.652. The minimum absolute atomic E-state index is 0.254. The van der Waals surface area contributed by atoms with Gasteiger partial charge in [-0.2, -0.15) is 0 Å². The topological polar surface area (TPSA) is 58.6 Å². The Labute approximate surface area is 77.3 Å². The summed E-state index contributed by atoms with van der Waals surface area (Å²) >= 11 is 0. The summed E-state index contributed by atoms with van der Waals surface area (Å²) < 4.78 is 5.51. The minimum Gasteiger partial charge on any atom is -0.480 e. The van der Waals surface area contributed by atoms with Crippen LogP contribution in [0.5, 0.6) is 0 Å². The van der Waals surface area contributed by atoms with Gasteiger partial charge in [0.1, 0.15) is 6.04 Å². The van der Waals surface area contributed by atoms with E-state index < -0.39 is 5.97 Å². The molecular formula is C9H15NO3. The zero-order valence-corrected chi connectivity index (χ0v) is 7.53. The van der Waals surface area contributed by atoms with Crippen LogP contribution in [-0.2, 0) is 9.53 Å². The van der Waals surface area contributed by atoms with Crippen molar-refractivity contribution in [2.45, 2.75) is 43.9 Å². The number of carbonyl (C=O) groups is 1. The molecule has 2 fully saturated rings. The highest BCUT2D eigenvalue weighted by Crippen LogP contribution is 2.23. The number of carboxylic acid groups (broad SMARTS) is 1. The Balaban J connectivity index is 1.86. The lowest BCUT2D eigenvalue weighted by Gasteiger charge is -2.18. The average Bonchev–Trinajstić information content (AvgIpc) is 2.75. The maximum Gasteiger partial charge on any atom is 0.320 e. The number of carboxylic acids is 1. The molecule has 3 atom stereocenters. The third-order valence-electron chi connectivity index (χ3n) is 2.89. The van der Waals surface area contributed by atoms with Gasteiger partial charge in [-0.05, 0) is 25.7 Å². The van der Waals surface area contributed by atoms with E-state index in [9.17, 15) is 4.79 Å². The predicted octanol–water partition coefficient (Wildman–Crippen LogP) is 0.371. The molecule has 2 N–H and O–H groups in total. The first-order chi connectivity index (χ1) is 6.27. The fourth-order valence-electron chi connectivity index (χ4n) is 2.18. The number of ether oxygens (including phenoxy) is 1. The third kappa shape index (κ3) is 1.84. The van der Waals surface area contributed by atoms with Crippen LogP contribution in [0.15, 0.2) is 0 Å². The highest BCUT2D eigenvalue weighted by molar-refractivity contribution is 5.73. The standard InChI is InChI=1S/C9H15NO3/c11-9(12)7-4-3-6(10-7)8-2-1-5-13-8/h6-8,10H,1-5H2,(H,11,12). The van der Waals surface area contributed by atoms with Crippen molar-refractivity contribution in [3.63, 3.8) is 0 Å². The Morgan fingerprint density at radius 3 is 2.77 bits per heavy atom. The maximum atomic E-state index is 10.7. The lowest BCUT2D eigenvalue weighted by molar-refractivity contribution is -0.139. The van der Waals surface area contributed by atoms with Crippen LogP contribution >= 0.6 is 0 Å². The van der Waals surface area contributed by atoms with Gasteiger partial charge in [0.2, 0.25) is 0 Å². The van der Waals surface area contributed by atoms with Gasteiger partial charge in [-0.3, -0.25) is 10.1 Å². The number of hydrogen-bond donors (Lipinski definition) is 2. The Kier molecular flexibility index (Phi) is 2.51. The molecule has 0 spiro atoms. The molecule has 4 heteroatoms. The van der Waals surface area contributed by atoms with Crippen molar-refractivity contribution in [2.75, 3.05) is 6.61 Å². The van der Waals surface area contributed by atoms with Gasteiger partial charge in [0.15, 0.2) is 0 Å².